The highest BCUT2D eigenvalue weighted by atomic mass is 19.1. The van der Waals surface area contributed by atoms with E-state index in [2.05, 4.69) is 0 Å². The largest absolute Gasteiger partial charge is 0.507 e. The molecule has 4 nitrogen and oxygen atoms in total. The molecule has 0 bridgehead atoms. The fraction of sp³-hybridized carbons (Fsp3) is 0.421. The molecule has 1 N–H and O–H groups in total. The number of rotatable bonds is 4. The molecule has 26 heavy (non-hydrogen) atoms. The molecule has 2 aromatic carbocycles. The fourth-order valence-corrected chi connectivity index (χ4v) is 2.73. The van der Waals surface area contributed by atoms with Crippen molar-refractivity contribution in [3.8, 4) is 5.75 Å². The van der Waals surface area contributed by atoms with Crippen LogP contribution < -0.4 is 0 Å². The van der Waals surface area contributed by atoms with Crippen molar-refractivity contribution < 1.29 is 32.5 Å². The second-order valence-corrected chi connectivity index (χ2v) is 6.87. The number of benzene rings is 2. The molecular weight excluding hydrogens is 349 g/mol. The third kappa shape index (κ3) is 3.77. The molecule has 2 rings (SSSR count). The van der Waals surface area contributed by atoms with Crippen LogP contribution in [0.15, 0.2) is 12.1 Å². The van der Waals surface area contributed by atoms with Gasteiger partial charge in [0, 0.05) is 17.0 Å². The molecule has 0 aliphatic rings. The molecule has 0 aromatic heterocycles. The highest BCUT2D eigenvalue weighted by Gasteiger charge is 2.34. The minimum Gasteiger partial charge on any atom is -0.507 e. The van der Waals surface area contributed by atoms with Gasteiger partial charge in [-0.1, -0.05) is 0 Å². The SMILES string of the molecule is CCOC(=O)[C@@H](OC(C)(C)C)c1c(C)c(F)c2c(F)cc(F)cc2c1O. The van der Waals surface area contributed by atoms with E-state index < -0.39 is 46.3 Å². The summed E-state index contributed by atoms with van der Waals surface area (Å²) in [5.74, 6) is -4.59. The highest BCUT2D eigenvalue weighted by molar-refractivity contribution is 5.93. The summed E-state index contributed by atoms with van der Waals surface area (Å²) >= 11 is 0. The molecule has 0 aliphatic heterocycles. The molecule has 142 valence electrons. The van der Waals surface area contributed by atoms with Gasteiger partial charge in [0.25, 0.3) is 0 Å². The van der Waals surface area contributed by atoms with E-state index in [1.54, 1.807) is 27.7 Å². The Hall–Kier alpha value is -2.28. The maximum atomic E-state index is 14.8. The van der Waals surface area contributed by atoms with Crippen molar-refractivity contribution in [3.05, 3.63) is 40.7 Å². The first kappa shape index (κ1) is 20.0. The Morgan fingerprint density at radius 2 is 1.85 bits per heavy atom. The number of aromatic hydroxyl groups is 1. The lowest BCUT2D eigenvalue weighted by molar-refractivity contribution is -0.167. The van der Waals surface area contributed by atoms with E-state index >= 15 is 0 Å². The summed E-state index contributed by atoms with van der Waals surface area (Å²) in [5.41, 5.74) is -1.23. The summed E-state index contributed by atoms with van der Waals surface area (Å²) in [6.07, 6.45) is -1.46. The third-order valence-corrected chi connectivity index (χ3v) is 3.75. The number of fused-ring (bicyclic) bond motifs is 1. The van der Waals surface area contributed by atoms with E-state index in [1.807, 2.05) is 0 Å². The second-order valence-electron chi connectivity index (χ2n) is 6.87. The molecule has 0 saturated carbocycles. The zero-order valence-electron chi connectivity index (χ0n) is 15.2. The van der Waals surface area contributed by atoms with Crippen LogP contribution in [0, 0.1) is 24.4 Å². The molecule has 0 aliphatic carbocycles. The van der Waals surface area contributed by atoms with Crippen molar-refractivity contribution in [1.82, 2.24) is 0 Å². The predicted molar refractivity (Wildman–Crippen MR) is 90.4 cm³/mol. The zero-order chi connectivity index (χ0) is 19.8. The van der Waals surface area contributed by atoms with Crippen LogP contribution in [0.3, 0.4) is 0 Å². The average molecular weight is 370 g/mol. The Labute approximate surface area is 149 Å². The molecule has 0 heterocycles. The number of hydrogen-bond donors (Lipinski definition) is 1. The van der Waals surface area contributed by atoms with E-state index in [0.29, 0.717) is 6.07 Å². The van der Waals surface area contributed by atoms with Crippen LogP contribution in [0.2, 0.25) is 0 Å². The molecule has 0 radical (unpaired) electrons. The molecule has 0 amide bonds. The summed E-state index contributed by atoms with van der Waals surface area (Å²) in [7, 11) is 0. The monoisotopic (exact) mass is 370 g/mol. The molecule has 0 spiro atoms. The number of hydrogen-bond acceptors (Lipinski definition) is 4. The molecular formula is C19H21F3O4. The lowest BCUT2D eigenvalue weighted by Crippen LogP contribution is -2.29. The standard InChI is InChI=1S/C19H21F3O4/c1-6-25-18(24)17(26-19(3,4)5)13-9(2)15(22)14-11(16(13)23)7-10(20)8-12(14)21/h7-8,17,23H,6H2,1-5H3/t17-/m0/s1. The summed E-state index contributed by atoms with van der Waals surface area (Å²) in [6.45, 7) is 7.92. The van der Waals surface area contributed by atoms with Gasteiger partial charge in [-0.05, 0) is 46.2 Å². The van der Waals surface area contributed by atoms with Gasteiger partial charge in [-0.15, -0.1) is 0 Å². The summed E-state index contributed by atoms with van der Waals surface area (Å²) < 4.78 is 53.1. The topological polar surface area (TPSA) is 55.8 Å². The van der Waals surface area contributed by atoms with Crippen molar-refractivity contribution in [1.29, 1.82) is 0 Å². The number of ether oxygens (including phenoxy) is 2. The van der Waals surface area contributed by atoms with Crippen molar-refractivity contribution >= 4 is 16.7 Å². The minimum absolute atomic E-state index is 0.0436. The van der Waals surface area contributed by atoms with Gasteiger partial charge in [-0.3, -0.25) is 0 Å². The zero-order valence-corrected chi connectivity index (χ0v) is 15.2. The minimum atomic E-state index is -1.46. The number of halogens is 3. The van der Waals surface area contributed by atoms with Crippen LogP contribution in [-0.2, 0) is 14.3 Å². The Morgan fingerprint density at radius 3 is 2.38 bits per heavy atom. The van der Waals surface area contributed by atoms with Crippen LogP contribution in [0.25, 0.3) is 10.8 Å². The van der Waals surface area contributed by atoms with E-state index in [9.17, 15) is 23.1 Å². The Balaban J connectivity index is 2.82. The van der Waals surface area contributed by atoms with Gasteiger partial charge in [0.15, 0.2) is 6.10 Å². The van der Waals surface area contributed by atoms with Crippen LogP contribution >= 0.6 is 0 Å². The molecule has 7 heteroatoms. The van der Waals surface area contributed by atoms with Gasteiger partial charge in [-0.2, -0.15) is 0 Å². The van der Waals surface area contributed by atoms with Crippen molar-refractivity contribution in [2.45, 2.75) is 46.3 Å². The van der Waals surface area contributed by atoms with E-state index in [-0.39, 0.29) is 23.1 Å². The highest BCUT2D eigenvalue weighted by Crippen LogP contribution is 2.41. The van der Waals surface area contributed by atoms with Gasteiger partial charge in [0.2, 0.25) is 0 Å². The molecule has 0 saturated heterocycles. The number of phenols is 1. The van der Waals surface area contributed by atoms with E-state index in [0.717, 1.165) is 6.07 Å². The quantitative estimate of drug-likeness (QED) is 0.794. The first-order valence-electron chi connectivity index (χ1n) is 8.12. The summed E-state index contributed by atoms with van der Waals surface area (Å²) in [6, 6.07) is 1.33. The number of carbonyl (C=O) groups excluding carboxylic acids is 1. The Bertz CT molecular complexity index is 856. The van der Waals surface area contributed by atoms with Crippen LogP contribution in [-0.4, -0.2) is 23.3 Å². The van der Waals surface area contributed by atoms with E-state index in [1.165, 1.54) is 6.92 Å². The lowest BCUT2D eigenvalue weighted by Gasteiger charge is -2.28. The second kappa shape index (κ2) is 7.15. The fourth-order valence-electron chi connectivity index (χ4n) is 2.73. The van der Waals surface area contributed by atoms with Crippen LogP contribution in [0.5, 0.6) is 5.75 Å². The average Bonchev–Trinajstić information content (AvgIpc) is 2.50. The Kier molecular flexibility index (Phi) is 5.51. The van der Waals surface area contributed by atoms with Crippen LogP contribution in [0.1, 0.15) is 44.9 Å². The number of esters is 1. The summed E-state index contributed by atoms with van der Waals surface area (Å²) in [4.78, 5) is 12.4. The first-order chi connectivity index (χ1) is 12.0. The van der Waals surface area contributed by atoms with Crippen molar-refractivity contribution in [2.24, 2.45) is 0 Å². The number of carbonyl (C=O) groups is 1. The molecule has 0 unspecified atom stereocenters. The third-order valence-electron chi connectivity index (χ3n) is 3.75. The van der Waals surface area contributed by atoms with Crippen molar-refractivity contribution in [3.63, 3.8) is 0 Å². The lowest BCUT2D eigenvalue weighted by atomic mass is 9.94. The molecule has 0 fully saturated rings. The van der Waals surface area contributed by atoms with Gasteiger partial charge >= 0.3 is 5.97 Å². The van der Waals surface area contributed by atoms with Crippen LogP contribution in [0.4, 0.5) is 13.2 Å². The molecule has 2 aromatic rings. The van der Waals surface area contributed by atoms with Gasteiger partial charge in [-0.25, -0.2) is 18.0 Å². The smallest absolute Gasteiger partial charge is 0.340 e. The predicted octanol–water partition coefficient (Wildman–Crippen LogP) is 4.69. The maximum absolute atomic E-state index is 14.8. The van der Waals surface area contributed by atoms with Gasteiger partial charge in [0.05, 0.1) is 17.6 Å². The van der Waals surface area contributed by atoms with Crippen molar-refractivity contribution in [2.75, 3.05) is 6.61 Å². The maximum Gasteiger partial charge on any atom is 0.340 e. The first-order valence-corrected chi connectivity index (χ1v) is 8.12. The number of phenolic OH excluding ortho intramolecular Hbond substituents is 1. The summed E-state index contributed by atoms with van der Waals surface area (Å²) in [5, 5.41) is 9.67. The van der Waals surface area contributed by atoms with Gasteiger partial charge < -0.3 is 14.6 Å². The van der Waals surface area contributed by atoms with Gasteiger partial charge in [0.1, 0.15) is 23.2 Å². The molecule has 1 atom stereocenters. The normalized spacial score (nSPS) is 13.1. The Morgan fingerprint density at radius 1 is 1.23 bits per heavy atom. The van der Waals surface area contributed by atoms with E-state index in [4.69, 9.17) is 9.47 Å².